The van der Waals surface area contributed by atoms with Crippen LogP contribution in [0.5, 0.6) is 5.75 Å². The summed E-state index contributed by atoms with van der Waals surface area (Å²) >= 11 is 0. The van der Waals surface area contributed by atoms with Crippen molar-refractivity contribution < 1.29 is 23.0 Å². The van der Waals surface area contributed by atoms with Crippen LogP contribution in [-0.4, -0.2) is 81.4 Å². The number of ether oxygens (including phenoxy) is 2. The summed E-state index contributed by atoms with van der Waals surface area (Å²) in [4.78, 5) is 2.46. The van der Waals surface area contributed by atoms with Gasteiger partial charge in [-0.25, -0.2) is 8.42 Å². The van der Waals surface area contributed by atoms with E-state index in [1.807, 2.05) is 26.0 Å². The van der Waals surface area contributed by atoms with E-state index in [9.17, 15) is 13.5 Å². The highest BCUT2D eigenvalue weighted by Gasteiger charge is 2.38. The van der Waals surface area contributed by atoms with Crippen molar-refractivity contribution in [1.29, 1.82) is 0 Å². The quantitative estimate of drug-likeness (QED) is 0.666. The summed E-state index contributed by atoms with van der Waals surface area (Å²) < 4.78 is 40.3. The van der Waals surface area contributed by atoms with Crippen molar-refractivity contribution in [2.24, 2.45) is 11.8 Å². The molecule has 1 saturated heterocycles. The van der Waals surface area contributed by atoms with Crippen molar-refractivity contribution in [1.82, 2.24) is 9.21 Å². The first-order chi connectivity index (χ1) is 15.3. The summed E-state index contributed by atoms with van der Waals surface area (Å²) in [7, 11) is -1.69. The molecule has 0 radical (unpaired) electrons. The van der Waals surface area contributed by atoms with Crippen molar-refractivity contribution >= 4 is 16.1 Å². The van der Waals surface area contributed by atoms with Gasteiger partial charge in [0.1, 0.15) is 16.7 Å². The molecule has 8 heteroatoms. The SMILES string of the molecule is CC=Cc1ccc2c(c1)O[C@H](CN(C)CC1CCOCC1)[C@@H](C)CN([C@H](C)CO)S2(=O)=O. The zero-order chi connectivity index (χ0) is 23.3. The summed E-state index contributed by atoms with van der Waals surface area (Å²) in [5.41, 5.74) is 0.894. The molecule has 0 aromatic heterocycles. The molecule has 2 aliphatic rings. The minimum Gasteiger partial charge on any atom is -0.487 e. The molecule has 32 heavy (non-hydrogen) atoms. The molecule has 1 fully saturated rings. The molecule has 0 aliphatic carbocycles. The lowest BCUT2D eigenvalue weighted by Gasteiger charge is -2.38. The molecule has 3 rings (SSSR count). The van der Waals surface area contributed by atoms with E-state index in [4.69, 9.17) is 9.47 Å². The van der Waals surface area contributed by atoms with Gasteiger partial charge in [-0.05, 0) is 57.4 Å². The van der Waals surface area contributed by atoms with Gasteiger partial charge in [0.15, 0.2) is 0 Å². The Labute approximate surface area is 193 Å². The first kappa shape index (κ1) is 25.2. The maximum Gasteiger partial charge on any atom is 0.247 e. The van der Waals surface area contributed by atoms with Gasteiger partial charge in [0, 0.05) is 44.8 Å². The lowest BCUT2D eigenvalue weighted by Crippen LogP contribution is -2.50. The fourth-order valence-corrected chi connectivity index (χ4v) is 6.33. The second-order valence-corrected chi connectivity index (χ2v) is 11.1. The molecule has 180 valence electrons. The lowest BCUT2D eigenvalue weighted by molar-refractivity contribution is 0.0402. The van der Waals surface area contributed by atoms with Crippen LogP contribution in [-0.2, 0) is 14.8 Å². The maximum atomic E-state index is 13.5. The van der Waals surface area contributed by atoms with Crippen LogP contribution in [0.1, 0.15) is 39.2 Å². The Hall–Kier alpha value is -1.45. The maximum absolute atomic E-state index is 13.5. The number of hydrogen-bond donors (Lipinski definition) is 1. The van der Waals surface area contributed by atoms with Crippen LogP contribution in [0.3, 0.4) is 0 Å². The number of allylic oxidation sites excluding steroid dienone is 1. The van der Waals surface area contributed by atoms with E-state index in [-0.39, 0.29) is 23.5 Å². The van der Waals surface area contributed by atoms with Crippen LogP contribution >= 0.6 is 0 Å². The van der Waals surface area contributed by atoms with Crippen LogP contribution in [0.4, 0.5) is 0 Å². The monoisotopic (exact) mass is 466 g/mol. The van der Waals surface area contributed by atoms with Crippen LogP contribution in [0, 0.1) is 11.8 Å². The highest BCUT2D eigenvalue weighted by molar-refractivity contribution is 7.89. The average Bonchev–Trinajstić information content (AvgIpc) is 2.76. The zero-order valence-electron chi connectivity index (χ0n) is 19.7. The number of fused-ring (bicyclic) bond motifs is 1. The standard InChI is InChI=1S/C24H38N2O5S/c1-5-6-20-7-8-24-22(13-20)31-23(16-25(4)15-21-9-11-30-12-10-21)18(2)14-26(19(3)17-27)32(24,28)29/h5-8,13,18-19,21,23,27H,9-12,14-17H2,1-4H3/t18-,19+,23+/m0/s1. The van der Waals surface area contributed by atoms with E-state index >= 15 is 0 Å². The van der Waals surface area contributed by atoms with Gasteiger partial charge in [-0.2, -0.15) is 4.31 Å². The van der Waals surface area contributed by atoms with Crippen LogP contribution in [0.2, 0.25) is 0 Å². The topological polar surface area (TPSA) is 79.3 Å². The lowest BCUT2D eigenvalue weighted by atomic mass is 9.98. The van der Waals surface area contributed by atoms with Gasteiger partial charge in [-0.3, -0.25) is 0 Å². The number of likely N-dealkylation sites (N-methyl/N-ethyl adjacent to an activating group) is 1. The highest BCUT2D eigenvalue weighted by Crippen LogP contribution is 2.34. The predicted octanol–water partition coefficient (Wildman–Crippen LogP) is 2.85. The molecule has 2 heterocycles. The van der Waals surface area contributed by atoms with Crippen molar-refractivity contribution in [3.8, 4) is 5.75 Å². The summed E-state index contributed by atoms with van der Waals surface area (Å²) in [6, 6.07) is 4.71. The van der Waals surface area contributed by atoms with Gasteiger partial charge in [0.05, 0.1) is 6.61 Å². The minimum absolute atomic E-state index is 0.0468. The second kappa shape index (κ2) is 11.1. The van der Waals surface area contributed by atoms with E-state index in [1.54, 1.807) is 25.1 Å². The smallest absolute Gasteiger partial charge is 0.247 e. The van der Waals surface area contributed by atoms with E-state index in [1.165, 1.54) is 4.31 Å². The summed E-state index contributed by atoms with van der Waals surface area (Å²) in [5.74, 6) is 0.943. The van der Waals surface area contributed by atoms with Crippen LogP contribution in [0.15, 0.2) is 29.2 Å². The second-order valence-electron chi connectivity index (χ2n) is 9.22. The fourth-order valence-electron chi connectivity index (χ4n) is 4.51. The minimum atomic E-state index is -3.80. The third-order valence-electron chi connectivity index (χ3n) is 6.45. The number of sulfonamides is 1. The molecule has 0 amide bonds. The molecule has 1 aromatic rings. The molecule has 0 saturated carbocycles. The van der Waals surface area contributed by atoms with Gasteiger partial charge in [0.2, 0.25) is 10.0 Å². The van der Waals surface area contributed by atoms with E-state index < -0.39 is 16.1 Å². The van der Waals surface area contributed by atoms with Gasteiger partial charge in [0.25, 0.3) is 0 Å². The Balaban J connectivity index is 1.91. The number of nitrogens with zero attached hydrogens (tertiary/aromatic N) is 2. The predicted molar refractivity (Wildman–Crippen MR) is 126 cm³/mol. The highest BCUT2D eigenvalue weighted by atomic mass is 32.2. The average molecular weight is 467 g/mol. The number of rotatable bonds is 7. The van der Waals surface area contributed by atoms with Gasteiger partial charge in [-0.15, -0.1) is 0 Å². The summed E-state index contributed by atoms with van der Waals surface area (Å²) in [6.45, 7) is 9.08. The number of aliphatic hydroxyl groups is 1. The van der Waals surface area contributed by atoms with E-state index in [0.29, 0.717) is 24.8 Å². The molecular weight excluding hydrogens is 428 g/mol. The first-order valence-electron chi connectivity index (χ1n) is 11.6. The Kier molecular flexibility index (Phi) is 8.75. The van der Waals surface area contributed by atoms with Crippen molar-refractivity contribution in [3.63, 3.8) is 0 Å². The Morgan fingerprint density at radius 3 is 2.66 bits per heavy atom. The van der Waals surface area contributed by atoms with E-state index in [2.05, 4.69) is 11.9 Å². The molecule has 1 N–H and O–H groups in total. The van der Waals surface area contributed by atoms with Crippen LogP contribution < -0.4 is 4.74 Å². The van der Waals surface area contributed by atoms with Crippen molar-refractivity contribution in [2.75, 3.05) is 46.5 Å². The molecule has 0 unspecified atom stereocenters. The van der Waals surface area contributed by atoms with Gasteiger partial charge >= 0.3 is 0 Å². The number of hydrogen-bond acceptors (Lipinski definition) is 6. The first-order valence-corrected chi connectivity index (χ1v) is 13.0. The van der Waals surface area contributed by atoms with Crippen molar-refractivity contribution in [2.45, 2.75) is 50.7 Å². The van der Waals surface area contributed by atoms with Gasteiger partial charge < -0.3 is 19.5 Å². The third kappa shape index (κ3) is 5.91. The molecule has 2 aliphatic heterocycles. The number of aliphatic hydroxyl groups excluding tert-OH is 1. The summed E-state index contributed by atoms with van der Waals surface area (Å²) in [5, 5.41) is 9.76. The molecule has 0 bridgehead atoms. The Bertz CT molecular complexity index is 882. The molecule has 1 aromatic carbocycles. The van der Waals surface area contributed by atoms with Gasteiger partial charge in [-0.1, -0.05) is 25.1 Å². The number of benzene rings is 1. The molecular formula is C24H38N2O5S. The Morgan fingerprint density at radius 1 is 1.28 bits per heavy atom. The fraction of sp³-hybridized carbons (Fsp3) is 0.667. The van der Waals surface area contributed by atoms with Crippen LogP contribution in [0.25, 0.3) is 6.08 Å². The normalized spacial score (nSPS) is 25.8. The summed E-state index contributed by atoms with van der Waals surface area (Å²) in [6.07, 6.45) is 5.81. The zero-order valence-corrected chi connectivity index (χ0v) is 20.6. The molecule has 3 atom stereocenters. The van der Waals surface area contributed by atoms with E-state index in [0.717, 1.165) is 38.2 Å². The van der Waals surface area contributed by atoms with Crippen molar-refractivity contribution in [3.05, 3.63) is 29.8 Å². The Morgan fingerprint density at radius 2 is 2.00 bits per heavy atom. The molecule has 7 nitrogen and oxygen atoms in total. The molecule has 0 spiro atoms. The third-order valence-corrected chi connectivity index (χ3v) is 8.47. The largest absolute Gasteiger partial charge is 0.487 e.